The summed E-state index contributed by atoms with van der Waals surface area (Å²) in [6.07, 6.45) is 5.46. The summed E-state index contributed by atoms with van der Waals surface area (Å²) in [5.74, 6) is -0.0951. The van der Waals surface area contributed by atoms with E-state index in [1.165, 1.54) is 6.20 Å². The third kappa shape index (κ3) is 5.47. The molecule has 3 N–H and O–H groups in total. The molecule has 8 nitrogen and oxygen atoms in total. The number of hydrogen-bond acceptors (Lipinski definition) is 4. The Kier molecular flexibility index (Phi) is 6.70. The lowest BCUT2D eigenvalue weighted by Crippen LogP contribution is -2.41. The number of rotatable bonds is 7. The fraction of sp³-hybridized carbons (Fsp3) is 0.524. The smallest absolute Gasteiger partial charge is 0.267 e. The molecule has 0 unspecified atom stereocenters. The minimum absolute atomic E-state index is 0.00696. The summed E-state index contributed by atoms with van der Waals surface area (Å²) in [5, 5.41) is 19.3. The number of aromatic amines is 1. The van der Waals surface area contributed by atoms with Gasteiger partial charge in [0, 0.05) is 36.9 Å². The van der Waals surface area contributed by atoms with E-state index in [2.05, 4.69) is 20.7 Å². The highest BCUT2D eigenvalue weighted by Gasteiger charge is 2.27. The van der Waals surface area contributed by atoms with Crippen molar-refractivity contribution >= 4 is 11.8 Å². The van der Waals surface area contributed by atoms with Crippen LogP contribution >= 0.6 is 0 Å². The topological polar surface area (TPSA) is 116 Å². The lowest BCUT2D eigenvalue weighted by molar-refractivity contribution is -0.126. The molecule has 0 spiro atoms. The van der Waals surface area contributed by atoms with Crippen molar-refractivity contribution in [2.24, 2.45) is 5.92 Å². The van der Waals surface area contributed by atoms with Gasteiger partial charge in [0.15, 0.2) is 0 Å². The van der Waals surface area contributed by atoms with Gasteiger partial charge >= 0.3 is 0 Å². The van der Waals surface area contributed by atoms with E-state index in [1.54, 1.807) is 6.07 Å². The fourth-order valence-electron chi connectivity index (χ4n) is 3.84. The van der Waals surface area contributed by atoms with Gasteiger partial charge in [0.25, 0.3) is 5.91 Å². The van der Waals surface area contributed by atoms with Crippen molar-refractivity contribution in [1.29, 1.82) is 5.26 Å². The number of H-pyrrole nitrogens is 1. The maximum atomic E-state index is 12.4. The van der Waals surface area contributed by atoms with Crippen molar-refractivity contribution in [2.75, 3.05) is 6.54 Å². The summed E-state index contributed by atoms with van der Waals surface area (Å²) in [5.41, 5.74) is 2.98. The fourth-order valence-corrected chi connectivity index (χ4v) is 3.84. The molecule has 2 amide bonds. The van der Waals surface area contributed by atoms with Gasteiger partial charge in [-0.2, -0.15) is 10.4 Å². The highest BCUT2D eigenvalue weighted by atomic mass is 16.2. The minimum Gasteiger partial charge on any atom is -0.356 e. The molecule has 0 atom stereocenters. The Labute approximate surface area is 170 Å². The van der Waals surface area contributed by atoms with E-state index in [-0.39, 0.29) is 23.8 Å². The van der Waals surface area contributed by atoms with Crippen LogP contribution in [0.25, 0.3) is 0 Å². The predicted molar refractivity (Wildman–Crippen MR) is 108 cm³/mol. The van der Waals surface area contributed by atoms with Crippen LogP contribution in [0.1, 0.15) is 59.5 Å². The molecule has 3 rings (SSSR count). The van der Waals surface area contributed by atoms with E-state index in [1.807, 2.05) is 30.7 Å². The zero-order valence-electron chi connectivity index (χ0n) is 17.0. The van der Waals surface area contributed by atoms with Crippen LogP contribution < -0.4 is 10.6 Å². The van der Waals surface area contributed by atoms with E-state index in [9.17, 15) is 9.59 Å². The molecule has 1 saturated carbocycles. The highest BCUT2D eigenvalue weighted by Crippen LogP contribution is 2.24. The van der Waals surface area contributed by atoms with Crippen LogP contribution in [-0.4, -0.2) is 39.2 Å². The third-order valence-electron chi connectivity index (χ3n) is 5.44. The van der Waals surface area contributed by atoms with Gasteiger partial charge in [-0.05, 0) is 58.1 Å². The Morgan fingerprint density at radius 3 is 2.66 bits per heavy atom. The van der Waals surface area contributed by atoms with Crippen molar-refractivity contribution in [3.8, 4) is 6.07 Å². The normalized spacial score (nSPS) is 18.8. The molecule has 0 aliphatic heterocycles. The third-order valence-corrected chi connectivity index (χ3v) is 5.44. The van der Waals surface area contributed by atoms with Crippen LogP contribution in [0.3, 0.4) is 0 Å². The Bertz CT molecular complexity index is 899. The van der Waals surface area contributed by atoms with Gasteiger partial charge in [-0.15, -0.1) is 0 Å². The largest absolute Gasteiger partial charge is 0.356 e. The Morgan fingerprint density at radius 2 is 2.03 bits per heavy atom. The molecule has 1 fully saturated rings. The van der Waals surface area contributed by atoms with Crippen LogP contribution in [0.5, 0.6) is 0 Å². The van der Waals surface area contributed by atoms with Crippen molar-refractivity contribution in [1.82, 2.24) is 25.4 Å². The molecule has 8 heteroatoms. The molecule has 154 valence electrons. The maximum absolute atomic E-state index is 12.4. The van der Waals surface area contributed by atoms with Crippen LogP contribution in [0.4, 0.5) is 0 Å². The summed E-state index contributed by atoms with van der Waals surface area (Å²) in [7, 11) is 0. The second kappa shape index (κ2) is 9.41. The van der Waals surface area contributed by atoms with Crippen LogP contribution in [0.15, 0.2) is 18.3 Å². The average Bonchev–Trinajstić information content (AvgIpc) is 3.31. The molecule has 0 aromatic carbocycles. The molecule has 2 heterocycles. The summed E-state index contributed by atoms with van der Waals surface area (Å²) in [6.45, 7) is 5.45. The van der Waals surface area contributed by atoms with Crippen LogP contribution in [0, 0.1) is 31.1 Å². The van der Waals surface area contributed by atoms with Crippen molar-refractivity contribution in [3.63, 3.8) is 0 Å². The summed E-state index contributed by atoms with van der Waals surface area (Å²) >= 11 is 0. The van der Waals surface area contributed by atoms with Crippen molar-refractivity contribution < 1.29 is 9.59 Å². The van der Waals surface area contributed by atoms with E-state index < -0.39 is 0 Å². The molecule has 2 aromatic rings. The minimum atomic E-state index is -0.205. The summed E-state index contributed by atoms with van der Waals surface area (Å²) < 4.78 is 1.97. The maximum Gasteiger partial charge on any atom is 0.267 e. The number of aryl methyl sites for hydroxylation is 3. The highest BCUT2D eigenvalue weighted by molar-refractivity contribution is 5.93. The lowest BCUT2D eigenvalue weighted by Gasteiger charge is -2.28. The number of carbonyl (C=O) groups excluding carboxylic acids is 2. The number of amides is 2. The molecule has 2 aromatic heterocycles. The van der Waals surface area contributed by atoms with Crippen LogP contribution in [0.2, 0.25) is 0 Å². The second-order valence-corrected chi connectivity index (χ2v) is 7.73. The molecular weight excluding hydrogens is 368 g/mol. The number of carbonyl (C=O) groups is 2. The van der Waals surface area contributed by atoms with Gasteiger partial charge in [0.05, 0.1) is 11.3 Å². The van der Waals surface area contributed by atoms with E-state index in [0.29, 0.717) is 17.8 Å². The van der Waals surface area contributed by atoms with Gasteiger partial charge in [0.1, 0.15) is 11.8 Å². The monoisotopic (exact) mass is 396 g/mol. The molecule has 0 bridgehead atoms. The average molecular weight is 396 g/mol. The molecule has 1 aliphatic rings. The number of aromatic nitrogens is 3. The van der Waals surface area contributed by atoms with E-state index >= 15 is 0 Å². The number of nitrogens with zero attached hydrogens (tertiary/aromatic N) is 3. The molecule has 0 saturated heterocycles. The Morgan fingerprint density at radius 1 is 1.28 bits per heavy atom. The zero-order chi connectivity index (χ0) is 20.8. The first-order valence-electron chi connectivity index (χ1n) is 10.1. The zero-order valence-corrected chi connectivity index (χ0v) is 17.0. The quantitative estimate of drug-likeness (QED) is 0.622. The van der Waals surface area contributed by atoms with Crippen LogP contribution in [-0.2, 0) is 11.3 Å². The number of hydrogen-bond donors (Lipinski definition) is 3. The van der Waals surface area contributed by atoms with Gasteiger partial charge < -0.3 is 15.6 Å². The second-order valence-electron chi connectivity index (χ2n) is 7.73. The Balaban J connectivity index is 1.35. The Hall–Kier alpha value is -3.08. The van der Waals surface area contributed by atoms with E-state index in [4.69, 9.17) is 5.26 Å². The van der Waals surface area contributed by atoms with Crippen molar-refractivity contribution in [2.45, 2.75) is 58.5 Å². The number of nitrogens with one attached hydrogen (secondary N) is 3. The van der Waals surface area contributed by atoms with Gasteiger partial charge in [0.2, 0.25) is 5.91 Å². The van der Waals surface area contributed by atoms with Gasteiger partial charge in [-0.25, -0.2) is 0 Å². The number of nitriles is 1. The SMILES string of the molecule is Cc1cc(C)n(CCCNC(=O)C2CCC(NC(=O)c3cc(C#N)c[nH]3)CC2)n1. The van der Waals surface area contributed by atoms with Gasteiger partial charge in [-0.1, -0.05) is 0 Å². The first-order valence-corrected chi connectivity index (χ1v) is 10.1. The molecule has 0 radical (unpaired) electrons. The first kappa shape index (κ1) is 20.6. The predicted octanol–water partition coefficient (Wildman–Crippen LogP) is 2.19. The van der Waals surface area contributed by atoms with E-state index in [0.717, 1.165) is 50.0 Å². The summed E-state index contributed by atoms with van der Waals surface area (Å²) in [6, 6.07) is 5.65. The summed E-state index contributed by atoms with van der Waals surface area (Å²) in [4.78, 5) is 27.5. The lowest BCUT2D eigenvalue weighted by atomic mass is 9.85. The molecule has 1 aliphatic carbocycles. The standard InChI is InChI=1S/C21H28N6O2/c1-14-10-15(2)27(26-14)9-3-8-23-20(28)17-4-6-18(7-5-17)25-21(29)19-11-16(12-22)13-24-19/h10-11,13,17-18,24H,3-9H2,1-2H3,(H,23,28)(H,25,29). The molecule has 29 heavy (non-hydrogen) atoms. The molecular formula is C21H28N6O2. The first-order chi connectivity index (χ1) is 14.0. The van der Waals surface area contributed by atoms with Gasteiger partial charge in [-0.3, -0.25) is 14.3 Å². The van der Waals surface area contributed by atoms with Crippen molar-refractivity contribution in [3.05, 3.63) is 41.0 Å².